The van der Waals surface area contributed by atoms with Crippen LogP contribution in [0.5, 0.6) is 5.75 Å². The molecule has 0 atom stereocenters. The zero-order chi connectivity index (χ0) is 16.2. The molecule has 3 nitrogen and oxygen atoms in total. The Kier molecular flexibility index (Phi) is 4.47. The fraction of sp³-hybridized carbons (Fsp3) is 0.250. The molecule has 1 aromatic heterocycles. The Bertz CT molecular complexity index is 795. The van der Waals surface area contributed by atoms with Crippen LogP contribution in [-0.2, 0) is 0 Å². The third-order valence-electron chi connectivity index (χ3n) is 4.21. The second-order valence-electron chi connectivity index (χ2n) is 5.44. The average Bonchev–Trinajstić information content (AvgIpc) is 2.63. The number of aromatic nitrogens is 1. The van der Waals surface area contributed by atoms with Crippen LogP contribution in [-0.4, -0.2) is 25.2 Å². The van der Waals surface area contributed by atoms with Crippen molar-refractivity contribution in [2.45, 2.75) is 13.8 Å². The van der Waals surface area contributed by atoms with Crippen molar-refractivity contribution in [3.8, 4) is 16.9 Å². The van der Waals surface area contributed by atoms with Crippen molar-refractivity contribution >= 4 is 16.6 Å². The fourth-order valence-electron chi connectivity index (χ4n) is 2.99. The fourth-order valence-corrected chi connectivity index (χ4v) is 2.99. The van der Waals surface area contributed by atoms with Crippen molar-refractivity contribution < 1.29 is 4.74 Å². The van der Waals surface area contributed by atoms with Crippen LogP contribution in [0.1, 0.15) is 13.8 Å². The molecule has 0 saturated carbocycles. The van der Waals surface area contributed by atoms with E-state index >= 15 is 0 Å². The third kappa shape index (κ3) is 2.87. The molecule has 1 heterocycles. The van der Waals surface area contributed by atoms with Gasteiger partial charge in [0.2, 0.25) is 0 Å². The smallest absolute Gasteiger partial charge is 0.119 e. The molecule has 0 spiro atoms. The number of pyridine rings is 1. The van der Waals surface area contributed by atoms with E-state index in [9.17, 15) is 0 Å². The summed E-state index contributed by atoms with van der Waals surface area (Å²) in [5, 5.41) is 1.13. The molecule has 3 aromatic rings. The number of anilines is 1. The number of methoxy groups -OCH3 is 1. The number of benzene rings is 2. The minimum Gasteiger partial charge on any atom is -0.497 e. The molecule has 0 aliphatic heterocycles. The monoisotopic (exact) mass is 306 g/mol. The van der Waals surface area contributed by atoms with E-state index in [4.69, 9.17) is 4.74 Å². The van der Waals surface area contributed by atoms with Crippen LogP contribution in [0.3, 0.4) is 0 Å². The summed E-state index contributed by atoms with van der Waals surface area (Å²) in [6.45, 7) is 6.27. The quantitative estimate of drug-likeness (QED) is 0.680. The molecule has 23 heavy (non-hydrogen) atoms. The maximum Gasteiger partial charge on any atom is 0.119 e. The van der Waals surface area contributed by atoms with Crippen LogP contribution in [0.25, 0.3) is 22.0 Å². The van der Waals surface area contributed by atoms with Crippen LogP contribution in [0, 0.1) is 0 Å². The number of fused-ring (bicyclic) bond motifs is 1. The van der Waals surface area contributed by atoms with Crippen LogP contribution in [0.2, 0.25) is 0 Å². The SMILES string of the molecule is CCN(CC)c1c(-c2ccccc2)cnc2ccc(OC)cc12. The van der Waals surface area contributed by atoms with Gasteiger partial charge in [-0.3, -0.25) is 4.98 Å². The summed E-state index contributed by atoms with van der Waals surface area (Å²) < 4.78 is 5.42. The zero-order valence-corrected chi connectivity index (χ0v) is 13.9. The van der Waals surface area contributed by atoms with Crippen molar-refractivity contribution in [3.63, 3.8) is 0 Å². The largest absolute Gasteiger partial charge is 0.497 e. The van der Waals surface area contributed by atoms with Crippen LogP contribution in [0.15, 0.2) is 54.7 Å². The molecule has 2 aromatic carbocycles. The number of hydrogen-bond acceptors (Lipinski definition) is 3. The van der Waals surface area contributed by atoms with Crippen LogP contribution >= 0.6 is 0 Å². The Balaban J connectivity index is 2.33. The van der Waals surface area contributed by atoms with E-state index in [1.54, 1.807) is 7.11 Å². The number of nitrogens with zero attached hydrogens (tertiary/aromatic N) is 2. The molecule has 0 aliphatic rings. The van der Waals surface area contributed by atoms with Gasteiger partial charge in [-0.05, 0) is 37.6 Å². The first-order valence-electron chi connectivity index (χ1n) is 8.05. The minimum atomic E-state index is 0.859. The standard InChI is InChI=1S/C20H22N2O/c1-4-22(5-2)20-17-13-16(23-3)11-12-19(17)21-14-18(20)15-9-7-6-8-10-15/h6-14H,4-5H2,1-3H3. The van der Waals surface area contributed by atoms with Gasteiger partial charge in [-0.15, -0.1) is 0 Å². The highest BCUT2D eigenvalue weighted by molar-refractivity contribution is 6.00. The Morgan fingerprint density at radius 1 is 1.00 bits per heavy atom. The zero-order valence-electron chi connectivity index (χ0n) is 13.9. The lowest BCUT2D eigenvalue weighted by molar-refractivity contribution is 0.415. The van der Waals surface area contributed by atoms with E-state index < -0.39 is 0 Å². The van der Waals surface area contributed by atoms with Gasteiger partial charge in [-0.2, -0.15) is 0 Å². The van der Waals surface area contributed by atoms with Gasteiger partial charge < -0.3 is 9.64 Å². The molecule has 0 radical (unpaired) electrons. The lowest BCUT2D eigenvalue weighted by Gasteiger charge is -2.26. The predicted molar refractivity (Wildman–Crippen MR) is 97.3 cm³/mol. The van der Waals surface area contributed by atoms with Gasteiger partial charge in [0.25, 0.3) is 0 Å². The van der Waals surface area contributed by atoms with Crippen molar-refractivity contribution in [1.29, 1.82) is 0 Å². The number of hydrogen-bond donors (Lipinski definition) is 0. The van der Waals surface area contributed by atoms with E-state index in [1.165, 1.54) is 11.3 Å². The van der Waals surface area contributed by atoms with Gasteiger partial charge in [-0.1, -0.05) is 30.3 Å². The maximum atomic E-state index is 5.42. The number of ether oxygens (including phenoxy) is 1. The highest BCUT2D eigenvalue weighted by Crippen LogP contribution is 2.37. The Hall–Kier alpha value is -2.55. The first-order valence-corrected chi connectivity index (χ1v) is 8.05. The molecule has 0 N–H and O–H groups in total. The molecule has 0 amide bonds. The van der Waals surface area contributed by atoms with E-state index in [1.807, 2.05) is 24.4 Å². The normalized spacial score (nSPS) is 10.7. The average molecular weight is 306 g/mol. The first-order chi connectivity index (χ1) is 11.3. The maximum absolute atomic E-state index is 5.42. The first kappa shape index (κ1) is 15.3. The molecule has 3 rings (SSSR count). The topological polar surface area (TPSA) is 25.4 Å². The Morgan fingerprint density at radius 3 is 2.39 bits per heavy atom. The summed E-state index contributed by atoms with van der Waals surface area (Å²) in [6, 6.07) is 16.5. The summed E-state index contributed by atoms with van der Waals surface area (Å²) in [7, 11) is 1.70. The molecular weight excluding hydrogens is 284 g/mol. The second-order valence-corrected chi connectivity index (χ2v) is 5.44. The molecule has 0 bridgehead atoms. The van der Waals surface area contributed by atoms with Crippen molar-refractivity contribution in [2.24, 2.45) is 0 Å². The van der Waals surface area contributed by atoms with E-state index in [0.717, 1.165) is 35.3 Å². The van der Waals surface area contributed by atoms with Gasteiger partial charge in [0.1, 0.15) is 5.75 Å². The van der Waals surface area contributed by atoms with Gasteiger partial charge in [0.15, 0.2) is 0 Å². The second kappa shape index (κ2) is 6.69. The van der Waals surface area contributed by atoms with E-state index in [2.05, 4.69) is 54.1 Å². The summed E-state index contributed by atoms with van der Waals surface area (Å²) in [6.07, 6.45) is 1.98. The summed E-state index contributed by atoms with van der Waals surface area (Å²) in [5.41, 5.74) is 4.57. The van der Waals surface area contributed by atoms with E-state index in [-0.39, 0.29) is 0 Å². The van der Waals surface area contributed by atoms with Crippen LogP contribution in [0.4, 0.5) is 5.69 Å². The predicted octanol–water partition coefficient (Wildman–Crippen LogP) is 4.76. The van der Waals surface area contributed by atoms with E-state index in [0.29, 0.717) is 0 Å². The molecular formula is C20H22N2O. The van der Waals surface area contributed by atoms with Crippen molar-refractivity contribution in [2.75, 3.05) is 25.1 Å². The lowest BCUT2D eigenvalue weighted by atomic mass is 10.0. The van der Waals surface area contributed by atoms with Gasteiger partial charge in [0, 0.05) is 30.2 Å². The van der Waals surface area contributed by atoms with Gasteiger partial charge in [-0.25, -0.2) is 0 Å². The van der Waals surface area contributed by atoms with Gasteiger partial charge in [0.05, 0.1) is 18.3 Å². The lowest BCUT2D eigenvalue weighted by Crippen LogP contribution is -2.23. The summed E-state index contributed by atoms with van der Waals surface area (Å²) >= 11 is 0. The van der Waals surface area contributed by atoms with Crippen molar-refractivity contribution in [1.82, 2.24) is 4.98 Å². The summed E-state index contributed by atoms with van der Waals surface area (Å²) in [5.74, 6) is 0.859. The van der Waals surface area contributed by atoms with Crippen molar-refractivity contribution in [3.05, 3.63) is 54.7 Å². The highest BCUT2D eigenvalue weighted by Gasteiger charge is 2.15. The Labute approximate surface area is 137 Å². The molecule has 0 saturated heterocycles. The highest BCUT2D eigenvalue weighted by atomic mass is 16.5. The van der Waals surface area contributed by atoms with Crippen LogP contribution < -0.4 is 9.64 Å². The molecule has 0 fully saturated rings. The van der Waals surface area contributed by atoms with Gasteiger partial charge >= 0.3 is 0 Å². The molecule has 0 aliphatic carbocycles. The Morgan fingerprint density at radius 2 is 1.74 bits per heavy atom. The summed E-state index contributed by atoms with van der Waals surface area (Å²) in [4.78, 5) is 7.04. The number of rotatable bonds is 5. The molecule has 0 unspecified atom stereocenters. The molecule has 118 valence electrons. The third-order valence-corrected chi connectivity index (χ3v) is 4.21. The molecule has 3 heteroatoms. The minimum absolute atomic E-state index is 0.859.